The summed E-state index contributed by atoms with van der Waals surface area (Å²) in [5.74, 6) is 1.40. The van der Waals surface area contributed by atoms with Crippen molar-refractivity contribution in [3.05, 3.63) is 35.9 Å². The zero-order chi connectivity index (χ0) is 21.5. The lowest BCUT2D eigenvalue weighted by atomic mass is 9.93. The van der Waals surface area contributed by atoms with Gasteiger partial charge in [-0.05, 0) is 61.8 Å². The number of benzene rings is 1. The molecular weight excluding hydrogens is 424 g/mol. The van der Waals surface area contributed by atoms with Gasteiger partial charge in [0.05, 0.1) is 23.9 Å². The van der Waals surface area contributed by atoms with Crippen molar-refractivity contribution in [3.8, 4) is 0 Å². The third-order valence-electron chi connectivity index (χ3n) is 7.15. The van der Waals surface area contributed by atoms with Crippen LogP contribution in [-0.2, 0) is 0 Å². The van der Waals surface area contributed by atoms with Crippen molar-refractivity contribution in [1.82, 2.24) is 24.5 Å². The molecule has 0 bridgehead atoms. The Labute approximate surface area is 192 Å². The van der Waals surface area contributed by atoms with E-state index in [1.807, 2.05) is 6.33 Å². The second-order valence-electron chi connectivity index (χ2n) is 9.27. The smallest absolute Gasteiger partial charge is 0.226 e. The van der Waals surface area contributed by atoms with Crippen LogP contribution in [0.1, 0.15) is 51.0 Å². The molecule has 3 aromatic rings. The van der Waals surface area contributed by atoms with Gasteiger partial charge in [-0.25, -0.2) is 9.99 Å². The van der Waals surface area contributed by atoms with Crippen molar-refractivity contribution in [2.45, 2.75) is 57.2 Å². The van der Waals surface area contributed by atoms with E-state index in [1.165, 1.54) is 37.1 Å². The Hall–Kier alpha value is -2.58. The van der Waals surface area contributed by atoms with E-state index < -0.39 is 0 Å². The third-order valence-corrected chi connectivity index (χ3v) is 7.32. The van der Waals surface area contributed by atoms with Crippen molar-refractivity contribution in [1.29, 1.82) is 0 Å². The van der Waals surface area contributed by atoms with Crippen molar-refractivity contribution >= 4 is 40.0 Å². The van der Waals surface area contributed by atoms with Crippen molar-refractivity contribution in [3.63, 3.8) is 0 Å². The molecule has 2 aromatic heterocycles. The molecule has 1 saturated heterocycles. The van der Waals surface area contributed by atoms with Gasteiger partial charge in [0, 0.05) is 19.1 Å². The van der Waals surface area contributed by atoms with Gasteiger partial charge >= 0.3 is 0 Å². The number of aromatic nitrogens is 4. The summed E-state index contributed by atoms with van der Waals surface area (Å²) in [4.78, 5) is 13.6. The zero-order valence-corrected chi connectivity index (χ0v) is 18.9. The summed E-state index contributed by atoms with van der Waals surface area (Å²) < 4.78 is 2.19. The lowest BCUT2D eigenvalue weighted by Crippen LogP contribution is -2.40. The Morgan fingerprint density at radius 1 is 1.00 bits per heavy atom. The Morgan fingerprint density at radius 2 is 1.72 bits per heavy atom. The lowest BCUT2D eigenvalue weighted by molar-refractivity contribution is 0.207. The summed E-state index contributed by atoms with van der Waals surface area (Å²) in [7, 11) is 0. The number of hydrazine groups is 1. The molecule has 0 unspecified atom stereocenters. The average Bonchev–Trinajstić information content (AvgIpc) is 3.54. The van der Waals surface area contributed by atoms with E-state index >= 15 is 0 Å². The molecule has 1 aliphatic carbocycles. The van der Waals surface area contributed by atoms with Gasteiger partial charge in [0.2, 0.25) is 5.28 Å². The number of rotatable bonds is 5. The Morgan fingerprint density at radius 3 is 2.44 bits per heavy atom. The van der Waals surface area contributed by atoms with Crippen LogP contribution < -0.4 is 16.1 Å². The number of nitrogens with zero attached hydrogens (tertiary/aromatic N) is 5. The number of hydrogen-bond donors (Lipinski definition) is 3. The van der Waals surface area contributed by atoms with Gasteiger partial charge in [0.1, 0.15) is 0 Å². The van der Waals surface area contributed by atoms with Crippen LogP contribution in [0.5, 0.6) is 0 Å². The number of anilines is 3. The number of nitrogens with one attached hydrogen (secondary N) is 3. The normalized spacial score (nSPS) is 20.4. The fraction of sp³-hybridized carbons (Fsp3) is 0.522. The molecule has 1 aromatic carbocycles. The summed E-state index contributed by atoms with van der Waals surface area (Å²) in [6.45, 7) is 1.94. The predicted octanol–water partition coefficient (Wildman–Crippen LogP) is 4.89. The summed E-state index contributed by atoms with van der Waals surface area (Å²) in [6.07, 6.45) is 10.5. The molecule has 168 valence electrons. The van der Waals surface area contributed by atoms with Gasteiger partial charge in [0.25, 0.3) is 0 Å². The molecule has 0 atom stereocenters. The molecule has 4 heterocycles. The first kappa shape index (κ1) is 20.1. The van der Waals surface area contributed by atoms with E-state index in [0.717, 1.165) is 43.5 Å². The maximum Gasteiger partial charge on any atom is 0.226 e. The number of fused-ring (bicyclic) bond motifs is 2. The van der Waals surface area contributed by atoms with Crippen LogP contribution in [0.3, 0.4) is 0 Å². The van der Waals surface area contributed by atoms with Crippen molar-refractivity contribution in [2.75, 3.05) is 29.1 Å². The van der Waals surface area contributed by atoms with Crippen LogP contribution in [0.15, 0.2) is 30.6 Å². The van der Waals surface area contributed by atoms with E-state index in [1.54, 1.807) is 0 Å². The Bertz CT molecular complexity index is 1080. The minimum Gasteiger partial charge on any atom is -0.364 e. The summed E-state index contributed by atoms with van der Waals surface area (Å²) in [5.41, 5.74) is 7.55. The second-order valence-corrected chi connectivity index (χ2v) is 9.61. The lowest BCUT2D eigenvalue weighted by Gasteiger charge is -2.33. The molecule has 2 fully saturated rings. The fourth-order valence-corrected chi connectivity index (χ4v) is 5.61. The quantitative estimate of drug-likeness (QED) is 0.475. The van der Waals surface area contributed by atoms with Crippen LogP contribution >= 0.6 is 11.6 Å². The molecule has 32 heavy (non-hydrogen) atoms. The predicted molar refractivity (Wildman–Crippen MR) is 128 cm³/mol. The molecule has 0 amide bonds. The van der Waals surface area contributed by atoms with Crippen LogP contribution in [0.2, 0.25) is 5.28 Å². The minimum absolute atomic E-state index is 0.271. The maximum atomic E-state index is 6.30. The maximum absolute atomic E-state index is 6.30. The van der Waals surface area contributed by atoms with Crippen LogP contribution in [0.25, 0.3) is 11.2 Å². The van der Waals surface area contributed by atoms with Crippen molar-refractivity contribution < 1.29 is 0 Å². The molecule has 1 saturated carbocycles. The highest BCUT2D eigenvalue weighted by atomic mass is 35.5. The average molecular weight is 453 g/mol. The van der Waals surface area contributed by atoms with E-state index in [-0.39, 0.29) is 5.28 Å². The number of halogens is 1. The zero-order valence-electron chi connectivity index (χ0n) is 18.1. The molecule has 0 radical (unpaired) electrons. The van der Waals surface area contributed by atoms with Crippen molar-refractivity contribution in [2.24, 2.45) is 5.92 Å². The highest BCUT2D eigenvalue weighted by Crippen LogP contribution is 2.34. The first-order chi connectivity index (χ1) is 15.7. The fourth-order valence-electron chi connectivity index (χ4n) is 5.45. The number of piperidine rings is 1. The molecule has 6 rings (SSSR count). The first-order valence-corrected chi connectivity index (χ1v) is 12.1. The Kier molecular flexibility index (Phi) is 5.27. The topological polar surface area (TPSA) is 82.9 Å². The Balaban J connectivity index is 1.09. The van der Waals surface area contributed by atoms with E-state index in [0.29, 0.717) is 23.9 Å². The van der Waals surface area contributed by atoms with Gasteiger partial charge in [-0.1, -0.05) is 25.0 Å². The molecule has 8 nitrogen and oxygen atoms in total. The van der Waals surface area contributed by atoms with Gasteiger partial charge < -0.3 is 20.6 Å². The first-order valence-electron chi connectivity index (χ1n) is 11.8. The SMILES string of the molecule is Clc1nc(NN2CCC(CC3Nc4ccccc4N3)CC2)c2ncn(C3CCCC3)c2n1. The van der Waals surface area contributed by atoms with Crippen LogP contribution in [0.4, 0.5) is 17.2 Å². The van der Waals surface area contributed by atoms with Gasteiger partial charge in [-0.15, -0.1) is 0 Å². The molecular formula is C23H29ClN8. The standard InChI is InChI=1S/C23H29ClN8/c24-23-28-21(20-22(29-23)32(14-25-20)16-5-1-2-6-16)30-31-11-9-15(10-12-31)13-19-26-17-7-3-4-8-18(17)27-19/h3-4,7-8,14-16,19,26-27H,1-2,5-6,9-13H2,(H,28,29,30). The summed E-state index contributed by atoms with van der Waals surface area (Å²) in [5, 5.41) is 9.72. The van der Waals surface area contributed by atoms with E-state index in [4.69, 9.17) is 11.6 Å². The van der Waals surface area contributed by atoms with E-state index in [2.05, 4.69) is 64.9 Å². The monoisotopic (exact) mass is 452 g/mol. The molecule has 0 spiro atoms. The molecule has 3 N–H and O–H groups in total. The van der Waals surface area contributed by atoms with E-state index in [9.17, 15) is 0 Å². The highest BCUT2D eigenvalue weighted by molar-refractivity contribution is 6.28. The van der Waals surface area contributed by atoms with Gasteiger partial charge in [-0.3, -0.25) is 0 Å². The summed E-state index contributed by atoms with van der Waals surface area (Å²) >= 11 is 6.30. The number of imidazole rings is 1. The minimum atomic E-state index is 0.271. The molecule has 3 aliphatic rings. The van der Waals surface area contributed by atoms with Crippen LogP contribution in [-0.4, -0.2) is 43.8 Å². The largest absolute Gasteiger partial charge is 0.364 e. The third kappa shape index (κ3) is 3.86. The number of para-hydroxylation sites is 2. The highest BCUT2D eigenvalue weighted by Gasteiger charge is 2.27. The number of hydrogen-bond acceptors (Lipinski definition) is 7. The summed E-state index contributed by atoms with van der Waals surface area (Å²) in [6, 6.07) is 8.89. The van der Waals surface area contributed by atoms with Gasteiger partial charge in [0.15, 0.2) is 17.0 Å². The molecule has 9 heteroatoms. The second kappa shape index (κ2) is 8.41. The molecule has 2 aliphatic heterocycles. The van der Waals surface area contributed by atoms with Crippen LogP contribution in [0, 0.1) is 5.92 Å². The van der Waals surface area contributed by atoms with Gasteiger partial charge in [-0.2, -0.15) is 9.97 Å².